The Morgan fingerprint density at radius 3 is 2.58 bits per heavy atom. The number of hydrogen-bond donors (Lipinski definition) is 0. The summed E-state index contributed by atoms with van der Waals surface area (Å²) in [5.74, 6) is 0.458. The van der Waals surface area contributed by atoms with Gasteiger partial charge >= 0.3 is 0 Å². The highest BCUT2D eigenvalue weighted by molar-refractivity contribution is 7.94. The van der Waals surface area contributed by atoms with Crippen LogP contribution in [-0.4, -0.2) is 33.1 Å². The molecule has 0 bridgehead atoms. The van der Waals surface area contributed by atoms with E-state index in [0.717, 1.165) is 11.4 Å². The van der Waals surface area contributed by atoms with Gasteiger partial charge < -0.3 is 4.57 Å². The molecule has 0 unspecified atom stereocenters. The van der Waals surface area contributed by atoms with Gasteiger partial charge in [-0.3, -0.25) is 9.48 Å². The zero-order valence-electron chi connectivity index (χ0n) is 14.4. The Morgan fingerprint density at radius 1 is 1.19 bits per heavy atom. The lowest BCUT2D eigenvalue weighted by atomic mass is 10.2. The van der Waals surface area contributed by atoms with Crippen LogP contribution in [0.3, 0.4) is 0 Å². The topological polar surface area (TPSA) is 78.9 Å². The van der Waals surface area contributed by atoms with Gasteiger partial charge in [-0.1, -0.05) is 18.2 Å². The monoisotopic (exact) mass is 370 g/mol. The largest absolute Gasteiger partial charge is 0.323 e. The van der Waals surface area contributed by atoms with Crippen LogP contribution in [0.1, 0.15) is 11.7 Å². The van der Waals surface area contributed by atoms with Gasteiger partial charge in [0.2, 0.25) is 0 Å². The van der Waals surface area contributed by atoms with Gasteiger partial charge in [0, 0.05) is 30.5 Å². The molecule has 4 rings (SSSR count). The van der Waals surface area contributed by atoms with Crippen molar-refractivity contribution in [1.29, 1.82) is 0 Å². The maximum absolute atomic E-state index is 13.2. The van der Waals surface area contributed by atoms with E-state index in [9.17, 15) is 13.2 Å². The second kappa shape index (κ2) is 5.84. The van der Waals surface area contributed by atoms with Gasteiger partial charge in [0.05, 0.1) is 17.5 Å². The van der Waals surface area contributed by atoms with Crippen LogP contribution in [-0.2, 0) is 16.9 Å². The van der Waals surface area contributed by atoms with E-state index in [1.54, 1.807) is 32.4 Å². The Kier molecular flexibility index (Phi) is 3.73. The molecule has 1 aliphatic heterocycles. The summed E-state index contributed by atoms with van der Waals surface area (Å²) in [5, 5.41) is 1.22. The summed E-state index contributed by atoms with van der Waals surface area (Å²) in [4.78, 5) is 17.5. The average Bonchev–Trinajstić information content (AvgIpc) is 3.27. The highest BCUT2D eigenvalue weighted by Crippen LogP contribution is 2.27. The fraction of sp³-hybridized carbons (Fsp3) is 0.222. The molecule has 7 nitrogen and oxygen atoms in total. The molecule has 1 aliphatic rings. The van der Waals surface area contributed by atoms with E-state index in [0.29, 0.717) is 11.4 Å². The Bertz CT molecular complexity index is 1170. The second-order valence-electron chi connectivity index (χ2n) is 6.32. The predicted octanol–water partition coefficient (Wildman–Crippen LogP) is 1.83. The maximum Gasteiger partial charge on any atom is 0.282 e. The molecule has 0 fully saturated rings. The minimum atomic E-state index is -3.20. The number of allylic oxidation sites excluding steroid dienone is 1. The lowest BCUT2D eigenvalue weighted by Crippen LogP contribution is -2.21. The van der Waals surface area contributed by atoms with Crippen LogP contribution in [0.15, 0.2) is 59.0 Å². The lowest BCUT2D eigenvalue weighted by molar-refractivity contribution is 0.593. The predicted molar refractivity (Wildman–Crippen MR) is 98.9 cm³/mol. The van der Waals surface area contributed by atoms with E-state index < -0.39 is 9.84 Å². The van der Waals surface area contributed by atoms with Crippen molar-refractivity contribution in [3.63, 3.8) is 0 Å². The van der Waals surface area contributed by atoms with Crippen LogP contribution in [0.25, 0.3) is 17.1 Å². The van der Waals surface area contributed by atoms with Crippen molar-refractivity contribution in [2.75, 3.05) is 5.75 Å². The average molecular weight is 370 g/mol. The first-order valence-corrected chi connectivity index (χ1v) is 9.89. The third-order valence-corrected chi connectivity index (χ3v) is 6.09. The fourth-order valence-electron chi connectivity index (χ4n) is 3.33. The normalized spacial score (nSPS) is 18.5. The lowest BCUT2D eigenvalue weighted by Gasteiger charge is -2.12. The molecule has 1 aromatic carbocycles. The van der Waals surface area contributed by atoms with Gasteiger partial charge in [-0.25, -0.2) is 18.1 Å². The molecule has 0 saturated carbocycles. The number of imidazole rings is 1. The summed E-state index contributed by atoms with van der Waals surface area (Å²) in [6.45, 7) is 1.86. The quantitative estimate of drug-likeness (QED) is 0.705. The van der Waals surface area contributed by atoms with Crippen molar-refractivity contribution in [3.8, 4) is 17.1 Å². The zero-order valence-corrected chi connectivity index (χ0v) is 15.2. The van der Waals surface area contributed by atoms with Crippen molar-refractivity contribution in [2.45, 2.75) is 13.0 Å². The molecule has 3 heterocycles. The van der Waals surface area contributed by atoms with Crippen LogP contribution in [0, 0.1) is 6.92 Å². The van der Waals surface area contributed by atoms with Gasteiger partial charge in [-0.05, 0) is 25.1 Å². The summed E-state index contributed by atoms with van der Waals surface area (Å²) in [6, 6.07) is 9.01. The minimum Gasteiger partial charge on any atom is -0.323 e. The van der Waals surface area contributed by atoms with Crippen molar-refractivity contribution >= 4 is 9.84 Å². The molecule has 1 atom stereocenters. The molecule has 26 heavy (non-hydrogen) atoms. The standard InChI is InChI=1S/C18H18N4O3S/c1-13-16(18(23)22(20(13)2)14-6-4-3-5-7-14)17-19-9-10-21(17)15-8-11-26(24,25)12-15/h3-11,15H,12H2,1-2H3/t15-/m1/s1. The molecule has 8 heteroatoms. The number of nitrogens with zero attached hydrogens (tertiary/aromatic N) is 4. The highest BCUT2D eigenvalue weighted by atomic mass is 32.2. The van der Waals surface area contributed by atoms with Crippen LogP contribution in [0.5, 0.6) is 0 Å². The van der Waals surface area contributed by atoms with Crippen LogP contribution in [0.2, 0.25) is 0 Å². The second-order valence-corrected chi connectivity index (χ2v) is 8.25. The van der Waals surface area contributed by atoms with Crippen molar-refractivity contribution in [2.24, 2.45) is 7.05 Å². The summed E-state index contributed by atoms with van der Waals surface area (Å²) >= 11 is 0. The first kappa shape index (κ1) is 16.6. The Hall–Kier alpha value is -2.87. The number of hydrogen-bond acceptors (Lipinski definition) is 4. The molecular weight excluding hydrogens is 352 g/mol. The summed E-state index contributed by atoms with van der Waals surface area (Å²) in [5.41, 5.74) is 1.81. The number of sulfone groups is 1. The smallest absolute Gasteiger partial charge is 0.282 e. The molecule has 3 aromatic rings. The molecule has 0 radical (unpaired) electrons. The zero-order chi connectivity index (χ0) is 18.5. The first-order valence-electron chi connectivity index (χ1n) is 8.17. The first-order chi connectivity index (χ1) is 12.4. The molecule has 0 aliphatic carbocycles. The molecular formula is C18H18N4O3S. The molecule has 0 N–H and O–H groups in total. The van der Waals surface area contributed by atoms with Crippen molar-refractivity contribution < 1.29 is 8.42 Å². The van der Waals surface area contributed by atoms with Gasteiger partial charge in [-0.15, -0.1) is 0 Å². The SMILES string of the molecule is Cc1c(-c2nccn2[C@@H]2C=CS(=O)(=O)C2)c(=O)n(-c2ccccc2)n1C. The van der Waals surface area contributed by atoms with Crippen molar-refractivity contribution in [1.82, 2.24) is 18.9 Å². The van der Waals surface area contributed by atoms with E-state index in [1.807, 2.05) is 44.3 Å². The Morgan fingerprint density at radius 2 is 1.92 bits per heavy atom. The van der Waals surface area contributed by atoms with Crippen LogP contribution < -0.4 is 5.56 Å². The summed E-state index contributed by atoms with van der Waals surface area (Å²) < 4.78 is 28.7. The molecule has 134 valence electrons. The Labute approximate surface area is 150 Å². The van der Waals surface area contributed by atoms with Gasteiger partial charge in [0.25, 0.3) is 5.56 Å². The number of aromatic nitrogens is 4. The van der Waals surface area contributed by atoms with Crippen LogP contribution in [0.4, 0.5) is 0 Å². The van der Waals surface area contributed by atoms with E-state index in [1.165, 1.54) is 5.41 Å². The number of benzene rings is 1. The van der Waals surface area contributed by atoms with E-state index in [4.69, 9.17) is 0 Å². The molecule has 0 amide bonds. The highest BCUT2D eigenvalue weighted by Gasteiger charge is 2.28. The van der Waals surface area contributed by atoms with E-state index >= 15 is 0 Å². The van der Waals surface area contributed by atoms with Gasteiger partial charge in [0.15, 0.2) is 9.84 Å². The Balaban J connectivity index is 1.88. The summed E-state index contributed by atoms with van der Waals surface area (Å²) in [7, 11) is -1.38. The minimum absolute atomic E-state index is 0.0187. The maximum atomic E-state index is 13.2. The third kappa shape index (κ3) is 2.53. The van der Waals surface area contributed by atoms with Gasteiger partial charge in [0.1, 0.15) is 11.4 Å². The molecule has 0 saturated heterocycles. The van der Waals surface area contributed by atoms with Crippen LogP contribution >= 0.6 is 0 Å². The molecule has 0 spiro atoms. The van der Waals surface area contributed by atoms with E-state index in [-0.39, 0.29) is 17.4 Å². The fourth-order valence-corrected chi connectivity index (χ4v) is 4.61. The van der Waals surface area contributed by atoms with Crippen molar-refractivity contribution in [3.05, 3.63) is 70.3 Å². The van der Waals surface area contributed by atoms with E-state index in [2.05, 4.69) is 4.98 Å². The summed E-state index contributed by atoms with van der Waals surface area (Å²) in [6.07, 6.45) is 4.94. The molecule has 2 aromatic heterocycles. The number of para-hydroxylation sites is 1. The third-order valence-electron chi connectivity index (χ3n) is 4.71. The number of rotatable bonds is 3. The van der Waals surface area contributed by atoms with Gasteiger partial charge in [-0.2, -0.15) is 0 Å².